The number of rotatable bonds is 1. The summed E-state index contributed by atoms with van der Waals surface area (Å²) >= 11 is 0. The van der Waals surface area contributed by atoms with Gasteiger partial charge in [0.1, 0.15) is 5.82 Å². The van der Waals surface area contributed by atoms with Gasteiger partial charge in [-0.05, 0) is 11.6 Å². The monoisotopic (exact) mass is 237 g/mol. The first kappa shape index (κ1) is 12.3. The molecular weight excluding hydrogens is 222 g/mol. The molecule has 3 heteroatoms. The number of hydrogen-bond donors (Lipinski definition) is 0. The molecule has 0 aliphatic heterocycles. The second-order valence-electron chi connectivity index (χ2n) is 5.21. The van der Waals surface area contributed by atoms with Crippen molar-refractivity contribution >= 4 is 5.69 Å². The molecule has 0 fully saturated rings. The Morgan fingerprint density at radius 3 is 2.28 bits per heavy atom. The molecule has 2 rings (SSSR count). The van der Waals surface area contributed by atoms with Gasteiger partial charge in [0.25, 0.3) is 0 Å². The van der Waals surface area contributed by atoms with Crippen molar-refractivity contribution < 1.29 is 0 Å². The summed E-state index contributed by atoms with van der Waals surface area (Å²) in [5.74, 6) is 0.826. The first-order chi connectivity index (χ1) is 8.50. The molecule has 0 atom stereocenters. The normalized spacial score (nSPS) is 11.0. The smallest absolute Gasteiger partial charge is 0.187 e. The van der Waals surface area contributed by atoms with E-state index in [0.717, 1.165) is 17.0 Å². The topological polar surface area (TPSA) is 30.1 Å². The van der Waals surface area contributed by atoms with E-state index in [0.29, 0.717) is 5.69 Å². The highest BCUT2D eigenvalue weighted by atomic mass is 14.9. The Morgan fingerprint density at radius 2 is 1.72 bits per heavy atom. The number of hydrogen-bond acceptors (Lipinski definition) is 2. The van der Waals surface area contributed by atoms with Gasteiger partial charge in [-0.2, -0.15) is 0 Å². The number of nitrogens with zero attached hydrogens (tertiary/aromatic N) is 3. The fraction of sp³-hybridized carbons (Fsp3) is 0.267. The molecule has 0 unspecified atom stereocenters. The van der Waals surface area contributed by atoms with Crippen LogP contribution < -0.4 is 0 Å². The third-order valence-electron chi connectivity index (χ3n) is 2.63. The summed E-state index contributed by atoms with van der Waals surface area (Å²) in [4.78, 5) is 12.2. The van der Waals surface area contributed by atoms with Crippen LogP contribution in [0.4, 0.5) is 5.69 Å². The lowest BCUT2D eigenvalue weighted by molar-refractivity contribution is 0.545. The van der Waals surface area contributed by atoms with E-state index in [-0.39, 0.29) is 5.41 Å². The summed E-state index contributed by atoms with van der Waals surface area (Å²) < 4.78 is 0. The summed E-state index contributed by atoms with van der Waals surface area (Å²) in [6.07, 6.45) is 3.63. The third kappa shape index (κ3) is 2.54. The van der Waals surface area contributed by atoms with Crippen molar-refractivity contribution in [3.63, 3.8) is 0 Å². The van der Waals surface area contributed by atoms with Gasteiger partial charge in [0.15, 0.2) is 5.69 Å². The van der Waals surface area contributed by atoms with Gasteiger partial charge in [0, 0.05) is 23.4 Å². The van der Waals surface area contributed by atoms with Gasteiger partial charge in [-0.25, -0.2) is 14.8 Å². The first-order valence-corrected chi connectivity index (χ1v) is 5.81. The van der Waals surface area contributed by atoms with Crippen molar-refractivity contribution in [2.75, 3.05) is 0 Å². The first-order valence-electron chi connectivity index (χ1n) is 5.81. The van der Waals surface area contributed by atoms with Crippen LogP contribution in [0.15, 0.2) is 36.7 Å². The van der Waals surface area contributed by atoms with Gasteiger partial charge in [-0.3, -0.25) is 0 Å². The fourth-order valence-corrected chi connectivity index (χ4v) is 1.62. The molecule has 1 heterocycles. The lowest BCUT2D eigenvalue weighted by Gasteiger charge is -2.16. The van der Waals surface area contributed by atoms with Gasteiger partial charge in [0.05, 0.1) is 6.57 Å². The van der Waals surface area contributed by atoms with Crippen LogP contribution >= 0.6 is 0 Å². The molecule has 1 aromatic heterocycles. The summed E-state index contributed by atoms with van der Waals surface area (Å²) in [5.41, 5.74) is 2.50. The zero-order chi connectivity index (χ0) is 13.2. The van der Waals surface area contributed by atoms with E-state index in [1.807, 2.05) is 30.6 Å². The van der Waals surface area contributed by atoms with Crippen molar-refractivity contribution in [1.29, 1.82) is 0 Å². The molecule has 90 valence electrons. The molecule has 0 radical (unpaired) electrons. The Bertz CT molecular complexity index is 586. The van der Waals surface area contributed by atoms with Crippen molar-refractivity contribution in [1.82, 2.24) is 9.97 Å². The second-order valence-corrected chi connectivity index (χ2v) is 5.21. The summed E-state index contributed by atoms with van der Waals surface area (Å²) in [7, 11) is 0. The van der Waals surface area contributed by atoms with Crippen LogP contribution in [0.5, 0.6) is 0 Å². The van der Waals surface area contributed by atoms with Gasteiger partial charge in [0.2, 0.25) is 0 Å². The van der Waals surface area contributed by atoms with E-state index in [2.05, 4.69) is 35.6 Å². The zero-order valence-corrected chi connectivity index (χ0v) is 10.8. The average molecular weight is 237 g/mol. The van der Waals surface area contributed by atoms with Gasteiger partial charge in [-0.15, -0.1) is 0 Å². The molecule has 0 saturated carbocycles. The van der Waals surface area contributed by atoms with Crippen LogP contribution in [0.3, 0.4) is 0 Å². The minimum absolute atomic E-state index is 0.0448. The highest BCUT2D eigenvalue weighted by Gasteiger charge is 2.16. The maximum Gasteiger partial charge on any atom is 0.187 e. The van der Waals surface area contributed by atoms with Gasteiger partial charge >= 0.3 is 0 Å². The molecule has 3 nitrogen and oxygen atoms in total. The van der Waals surface area contributed by atoms with Crippen LogP contribution in [0.2, 0.25) is 0 Å². The van der Waals surface area contributed by atoms with Crippen LogP contribution in [-0.2, 0) is 5.41 Å². The van der Waals surface area contributed by atoms with Crippen LogP contribution in [-0.4, -0.2) is 9.97 Å². The van der Waals surface area contributed by atoms with Crippen molar-refractivity contribution in [2.45, 2.75) is 26.2 Å². The van der Waals surface area contributed by atoms with Crippen molar-refractivity contribution in [3.05, 3.63) is 53.9 Å². The quantitative estimate of drug-likeness (QED) is 0.702. The van der Waals surface area contributed by atoms with E-state index in [1.54, 1.807) is 6.07 Å². The standard InChI is InChI=1S/C15H15N3/c1-15(2,3)14-17-9-12(10-18-14)11-6-5-7-13(8-11)16-4/h5-10H,1-3H3. The van der Waals surface area contributed by atoms with Crippen LogP contribution in [0, 0.1) is 6.57 Å². The van der Waals surface area contributed by atoms with E-state index >= 15 is 0 Å². The molecule has 2 aromatic rings. The van der Waals surface area contributed by atoms with Crippen LogP contribution in [0.25, 0.3) is 16.0 Å². The summed E-state index contributed by atoms with van der Waals surface area (Å²) in [5, 5.41) is 0. The lowest BCUT2D eigenvalue weighted by atomic mass is 9.95. The minimum atomic E-state index is -0.0448. The molecule has 1 aromatic carbocycles. The number of benzene rings is 1. The van der Waals surface area contributed by atoms with Crippen molar-refractivity contribution in [2.24, 2.45) is 0 Å². The van der Waals surface area contributed by atoms with Gasteiger partial charge < -0.3 is 0 Å². The Morgan fingerprint density at radius 1 is 1.06 bits per heavy atom. The highest BCUT2D eigenvalue weighted by Crippen LogP contribution is 2.24. The lowest BCUT2D eigenvalue weighted by Crippen LogP contribution is -2.15. The molecule has 18 heavy (non-hydrogen) atoms. The molecule has 0 aliphatic rings. The van der Waals surface area contributed by atoms with Gasteiger partial charge in [-0.1, -0.05) is 39.0 Å². The molecule has 0 saturated heterocycles. The maximum atomic E-state index is 7.01. The predicted molar refractivity (Wildman–Crippen MR) is 72.4 cm³/mol. The van der Waals surface area contributed by atoms with Crippen LogP contribution in [0.1, 0.15) is 26.6 Å². The number of aromatic nitrogens is 2. The Hall–Kier alpha value is -2.21. The molecule has 0 N–H and O–H groups in total. The predicted octanol–water partition coefficient (Wildman–Crippen LogP) is 3.99. The van der Waals surface area contributed by atoms with E-state index in [9.17, 15) is 0 Å². The Kier molecular flexibility index (Phi) is 3.12. The largest absolute Gasteiger partial charge is 0.240 e. The average Bonchev–Trinajstić information content (AvgIpc) is 2.38. The molecule has 0 aliphatic carbocycles. The molecule has 0 amide bonds. The third-order valence-corrected chi connectivity index (χ3v) is 2.63. The minimum Gasteiger partial charge on any atom is -0.240 e. The Labute approximate surface area is 107 Å². The second kappa shape index (κ2) is 4.58. The van der Waals surface area contributed by atoms with Crippen molar-refractivity contribution in [3.8, 4) is 11.1 Å². The van der Waals surface area contributed by atoms with E-state index < -0.39 is 0 Å². The molecule has 0 spiro atoms. The Balaban J connectivity index is 2.38. The molecular formula is C15H15N3. The maximum absolute atomic E-state index is 7.01. The fourth-order valence-electron chi connectivity index (χ4n) is 1.62. The highest BCUT2D eigenvalue weighted by molar-refractivity contribution is 5.67. The van der Waals surface area contributed by atoms with E-state index in [1.165, 1.54) is 0 Å². The summed E-state index contributed by atoms with van der Waals surface area (Å²) in [6, 6.07) is 7.48. The summed E-state index contributed by atoms with van der Waals surface area (Å²) in [6.45, 7) is 13.3. The van der Waals surface area contributed by atoms with E-state index in [4.69, 9.17) is 6.57 Å². The zero-order valence-electron chi connectivity index (χ0n) is 10.8. The SMILES string of the molecule is [C-]#[N+]c1cccc(-c2cnc(C(C)(C)C)nc2)c1. The molecule has 0 bridgehead atoms.